The summed E-state index contributed by atoms with van der Waals surface area (Å²) in [7, 11) is 1.64. The molecule has 0 unspecified atom stereocenters. The van der Waals surface area contributed by atoms with Gasteiger partial charge in [-0.2, -0.15) is 0 Å². The Hall–Kier alpha value is -2.40. The first kappa shape index (κ1) is 16.5. The number of ether oxygens (including phenoxy) is 1. The molecule has 1 heterocycles. The third-order valence-electron chi connectivity index (χ3n) is 3.76. The van der Waals surface area contributed by atoms with Gasteiger partial charge in [-0.15, -0.1) is 0 Å². The van der Waals surface area contributed by atoms with Gasteiger partial charge in [0, 0.05) is 12.5 Å². The predicted molar refractivity (Wildman–Crippen MR) is 98.7 cm³/mol. The van der Waals surface area contributed by atoms with Gasteiger partial charge in [-0.1, -0.05) is 48.6 Å². The van der Waals surface area contributed by atoms with E-state index in [0.717, 1.165) is 33.1 Å². The van der Waals surface area contributed by atoms with Crippen LogP contribution in [0.25, 0.3) is 10.2 Å². The van der Waals surface area contributed by atoms with Crippen LogP contribution in [0.4, 0.5) is 5.13 Å². The van der Waals surface area contributed by atoms with Gasteiger partial charge in [0.15, 0.2) is 5.13 Å². The zero-order chi connectivity index (χ0) is 16.9. The molecule has 0 spiro atoms. The van der Waals surface area contributed by atoms with Crippen molar-refractivity contribution in [1.29, 1.82) is 0 Å². The molecule has 0 saturated heterocycles. The van der Waals surface area contributed by atoms with Crippen molar-refractivity contribution in [2.75, 3.05) is 12.0 Å². The van der Waals surface area contributed by atoms with Crippen LogP contribution in [0.1, 0.15) is 25.3 Å². The van der Waals surface area contributed by atoms with Crippen LogP contribution in [0.3, 0.4) is 0 Å². The van der Waals surface area contributed by atoms with E-state index in [-0.39, 0.29) is 5.91 Å². The maximum atomic E-state index is 12.6. The second-order valence-electron chi connectivity index (χ2n) is 5.55. The lowest BCUT2D eigenvalue weighted by atomic mass is 10.2. The lowest BCUT2D eigenvalue weighted by Gasteiger charge is -2.19. The second kappa shape index (κ2) is 7.45. The van der Waals surface area contributed by atoms with E-state index in [1.807, 2.05) is 55.5 Å². The van der Waals surface area contributed by atoms with Gasteiger partial charge < -0.3 is 4.74 Å². The number of thiazole rings is 1. The maximum absolute atomic E-state index is 12.6. The van der Waals surface area contributed by atoms with E-state index in [0.29, 0.717) is 13.0 Å². The molecule has 0 aliphatic rings. The van der Waals surface area contributed by atoms with E-state index in [4.69, 9.17) is 4.74 Å². The molecule has 124 valence electrons. The van der Waals surface area contributed by atoms with Crippen LogP contribution in [0.5, 0.6) is 5.75 Å². The Kier molecular flexibility index (Phi) is 5.11. The summed E-state index contributed by atoms with van der Waals surface area (Å²) in [5, 5.41) is 0.737. The molecular weight excluding hydrogens is 320 g/mol. The summed E-state index contributed by atoms with van der Waals surface area (Å²) in [6, 6.07) is 15.8. The lowest BCUT2D eigenvalue weighted by molar-refractivity contribution is -0.118. The Balaban J connectivity index is 1.96. The molecule has 3 aromatic rings. The zero-order valence-corrected chi connectivity index (χ0v) is 14.7. The van der Waals surface area contributed by atoms with E-state index < -0.39 is 0 Å². The fraction of sp³-hybridized carbons (Fsp3) is 0.263. The number of hydrogen-bond donors (Lipinski definition) is 0. The SMILES string of the molecule is CCCC(=O)N(Cc1ccccc1)c1nc2cc(OC)ccc2s1. The number of aromatic nitrogens is 1. The van der Waals surface area contributed by atoms with E-state index >= 15 is 0 Å². The number of fused-ring (bicyclic) bond motifs is 1. The molecule has 4 nitrogen and oxygen atoms in total. The number of nitrogens with zero attached hydrogens (tertiary/aromatic N) is 2. The average molecular weight is 340 g/mol. The van der Waals surface area contributed by atoms with E-state index in [1.54, 1.807) is 12.0 Å². The predicted octanol–water partition coefficient (Wildman–Crippen LogP) is 4.64. The number of carbonyl (C=O) groups excluding carboxylic acids is 1. The highest BCUT2D eigenvalue weighted by Crippen LogP contribution is 2.32. The highest BCUT2D eigenvalue weighted by molar-refractivity contribution is 7.22. The van der Waals surface area contributed by atoms with E-state index in [1.165, 1.54) is 11.3 Å². The summed E-state index contributed by atoms with van der Waals surface area (Å²) in [6.07, 6.45) is 1.34. The number of carbonyl (C=O) groups is 1. The van der Waals surface area contributed by atoms with Gasteiger partial charge in [0.2, 0.25) is 5.91 Å². The molecule has 0 aliphatic carbocycles. The molecule has 5 heteroatoms. The van der Waals surface area contributed by atoms with Crippen molar-refractivity contribution in [3.63, 3.8) is 0 Å². The van der Waals surface area contributed by atoms with E-state index in [9.17, 15) is 4.79 Å². The number of amides is 1. The Labute approximate surface area is 145 Å². The Morgan fingerprint density at radius 3 is 2.71 bits per heavy atom. The molecule has 3 rings (SSSR count). The molecule has 1 aromatic heterocycles. The third kappa shape index (κ3) is 3.57. The van der Waals surface area contributed by atoms with Gasteiger partial charge in [-0.05, 0) is 24.1 Å². The Morgan fingerprint density at radius 2 is 2.00 bits per heavy atom. The Bertz CT molecular complexity index is 830. The summed E-state index contributed by atoms with van der Waals surface area (Å²) >= 11 is 1.54. The topological polar surface area (TPSA) is 42.4 Å². The van der Waals surface area contributed by atoms with Crippen molar-refractivity contribution >= 4 is 32.6 Å². The largest absolute Gasteiger partial charge is 0.497 e. The summed E-state index contributed by atoms with van der Waals surface area (Å²) in [4.78, 5) is 19.1. The van der Waals surface area contributed by atoms with Gasteiger partial charge in [-0.3, -0.25) is 9.69 Å². The van der Waals surface area contributed by atoms with Crippen LogP contribution < -0.4 is 9.64 Å². The van der Waals surface area contributed by atoms with E-state index in [2.05, 4.69) is 4.98 Å². The highest BCUT2D eigenvalue weighted by atomic mass is 32.1. The van der Waals surface area contributed by atoms with Crippen molar-refractivity contribution in [3.8, 4) is 5.75 Å². The molecule has 0 bridgehead atoms. The minimum absolute atomic E-state index is 0.104. The van der Waals surface area contributed by atoms with Gasteiger partial charge in [0.1, 0.15) is 5.75 Å². The zero-order valence-electron chi connectivity index (χ0n) is 13.9. The molecular formula is C19H20N2O2S. The normalized spacial score (nSPS) is 10.8. The molecule has 0 fully saturated rings. The van der Waals surface area contributed by atoms with Gasteiger partial charge >= 0.3 is 0 Å². The third-order valence-corrected chi connectivity index (χ3v) is 4.82. The monoisotopic (exact) mass is 340 g/mol. The molecule has 0 aliphatic heterocycles. The van der Waals surface area contributed by atoms with Crippen molar-refractivity contribution in [2.24, 2.45) is 0 Å². The van der Waals surface area contributed by atoms with Crippen LogP contribution in [0, 0.1) is 0 Å². The van der Waals surface area contributed by atoms with Crippen molar-refractivity contribution < 1.29 is 9.53 Å². The molecule has 0 N–H and O–H groups in total. The Morgan fingerprint density at radius 1 is 1.21 bits per heavy atom. The second-order valence-corrected chi connectivity index (χ2v) is 6.55. The van der Waals surface area contributed by atoms with Crippen LogP contribution >= 0.6 is 11.3 Å². The van der Waals surface area contributed by atoms with Gasteiger partial charge in [-0.25, -0.2) is 4.98 Å². The van der Waals surface area contributed by atoms with Crippen molar-refractivity contribution in [2.45, 2.75) is 26.3 Å². The number of anilines is 1. The van der Waals surface area contributed by atoms with Crippen LogP contribution in [0.15, 0.2) is 48.5 Å². The lowest BCUT2D eigenvalue weighted by Crippen LogP contribution is -2.29. The smallest absolute Gasteiger partial charge is 0.229 e. The number of benzene rings is 2. The fourth-order valence-electron chi connectivity index (χ4n) is 2.51. The molecule has 1 amide bonds. The summed E-state index contributed by atoms with van der Waals surface area (Å²) in [5.74, 6) is 0.876. The van der Waals surface area contributed by atoms with Crippen LogP contribution in [-0.4, -0.2) is 18.0 Å². The number of methoxy groups -OCH3 is 1. The van der Waals surface area contributed by atoms with Crippen molar-refractivity contribution in [1.82, 2.24) is 4.98 Å². The standard InChI is InChI=1S/C19H20N2O2S/c1-3-7-18(22)21(13-14-8-5-4-6-9-14)19-20-16-12-15(23-2)10-11-17(16)24-19/h4-6,8-12H,3,7,13H2,1-2H3. The molecule has 0 saturated carbocycles. The maximum Gasteiger partial charge on any atom is 0.229 e. The van der Waals surface area contributed by atoms with Crippen molar-refractivity contribution in [3.05, 3.63) is 54.1 Å². The van der Waals surface area contributed by atoms with Gasteiger partial charge in [0.25, 0.3) is 0 Å². The summed E-state index contributed by atoms with van der Waals surface area (Å²) in [5.41, 5.74) is 1.95. The van der Waals surface area contributed by atoms with Crippen LogP contribution in [-0.2, 0) is 11.3 Å². The molecule has 0 atom stereocenters. The molecule has 0 radical (unpaired) electrons. The molecule has 24 heavy (non-hydrogen) atoms. The summed E-state index contributed by atoms with van der Waals surface area (Å²) in [6.45, 7) is 2.55. The first-order valence-electron chi connectivity index (χ1n) is 8.00. The summed E-state index contributed by atoms with van der Waals surface area (Å²) < 4.78 is 6.31. The van der Waals surface area contributed by atoms with Gasteiger partial charge in [0.05, 0.1) is 23.9 Å². The van der Waals surface area contributed by atoms with Crippen LogP contribution in [0.2, 0.25) is 0 Å². The first-order valence-corrected chi connectivity index (χ1v) is 8.81. The number of rotatable bonds is 6. The minimum atomic E-state index is 0.104. The fourth-order valence-corrected chi connectivity index (χ4v) is 3.48. The number of hydrogen-bond acceptors (Lipinski definition) is 4. The minimum Gasteiger partial charge on any atom is -0.497 e. The quantitative estimate of drug-likeness (QED) is 0.656. The highest BCUT2D eigenvalue weighted by Gasteiger charge is 2.19. The average Bonchev–Trinajstić information content (AvgIpc) is 3.03. The molecule has 2 aromatic carbocycles. The first-order chi connectivity index (χ1) is 11.7.